The van der Waals surface area contributed by atoms with Gasteiger partial charge in [-0.1, -0.05) is 194 Å². The first-order chi connectivity index (χ1) is 26.3. The molecule has 0 bridgehead atoms. The van der Waals surface area contributed by atoms with Gasteiger partial charge in [0.15, 0.2) is 0 Å². The van der Waals surface area contributed by atoms with Crippen molar-refractivity contribution in [2.45, 2.75) is 0 Å². The van der Waals surface area contributed by atoms with Crippen molar-refractivity contribution in [3.8, 4) is 55.6 Å². The molecular formula is C52H37N. The van der Waals surface area contributed by atoms with Crippen LogP contribution in [0.5, 0.6) is 0 Å². The molecule has 0 radical (unpaired) electrons. The maximum atomic E-state index is 2.42. The molecule has 0 N–H and O–H groups in total. The van der Waals surface area contributed by atoms with Gasteiger partial charge in [-0.15, -0.1) is 0 Å². The minimum atomic E-state index is 1.09. The molecule has 0 aliphatic carbocycles. The minimum Gasteiger partial charge on any atom is -0.310 e. The van der Waals surface area contributed by atoms with Crippen LogP contribution in [0.25, 0.3) is 66.4 Å². The minimum absolute atomic E-state index is 1.09. The zero-order chi connectivity index (χ0) is 35.4. The Bertz CT molecular complexity index is 2620. The fourth-order valence-electron chi connectivity index (χ4n) is 7.39. The maximum Gasteiger partial charge on any atom is 0.0546 e. The van der Waals surface area contributed by atoms with Crippen molar-refractivity contribution in [2.75, 3.05) is 4.90 Å². The van der Waals surface area contributed by atoms with Crippen LogP contribution in [0, 0.1) is 0 Å². The number of rotatable bonds is 8. The van der Waals surface area contributed by atoms with Crippen LogP contribution in [0.1, 0.15) is 0 Å². The smallest absolute Gasteiger partial charge is 0.0546 e. The molecule has 9 aromatic carbocycles. The SMILES string of the molecule is c1ccc(-c2ccc(-c3ccc(N(c4cccc(-c5ccccc5)c4)c4cc(-c5cccc6ccccc56)ccc4-c4ccccc4)cc3)cc2)cc1. The average molecular weight is 676 g/mol. The van der Waals surface area contributed by atoms with Crippen molar-refractivity contribution >= 4 is 27.8 Å². The van der Waals surface area contributed by atoms with Gasteiger partial charge in [0, 0.05) is 16.9 Å². The lowest BCUT2D eigenvalue weighted by Gasteiger charge is -2.29. The Kier molecular flexibility index (Phi) is 8.66. The number of nitrogens with zero attached hydrogens (tertiary/aromatic N) is 1. The van der Waals surface area contributed by atoms with Crippen LogP contribution in [-0.4, -0.2) is 0 Å². The van der Waals surface area contributed by atoms with Gasteiger partial charge in [0.2, 0.25) is 0 Å². The van der Waals surface area contributed by atoms with Gasteiger partial charge in [-0.05, 0) is 91.2 Å². The van der Waals surface area contributed by atoms with Gasteiger partial charge in [0.25, 0.3) is 0 Å². The van der Waals surface area contributed by atoms with Crippen LogP contribution in [0.15, 0.2) is 224 Å². The van der Waals surface area contributed by atoms with Crippen LogP contribution in [0.2, 0.25) is 0 Å². The molecule has 0 fully saturated rings. The molecule has 0 aromatic heterocycles. The van der Waals surface area contributed by atoms with Crippen molar-refractivity contribution in [3.05, 3.63) is 224 Å². The Labute approximate surface area is 311 Å². The van der Waals surface area contributed by atoms with Gasteiger partial charge in [0.05, 0.1) is 5.69 Å². The molecule has 1 heteroatoms. The highest BCUT2D eigenvalue weighted by Crippen LogP contribution is 2.45. The molecule has 0 spiro atoms. The Hall–Kier alpha value is -6.96. The van der Waals surface area contributed by atoms with Crippen molar-refractivity contribution in [1.82, 2.24) is 0 Å². The Balaban J connectivity index is 1.21. The fraction of sp³-hybridized carbons (Fsp3) is 0. The summed E-state index contributed by atoms with van der Waals surface area (Å²) in [6.45, 7) is 0. The first kappa shape index (κ1) is 32.0. The Morgan fingerprint density at radius 3 is 1.38 bits per heavy atom. The van der Waals surface area contributed by atoms with E-state index in [-0.39, 0.29) is 0 Å². The van der Waals surface area contributed by atoms with E-state index in [2.05, 4.69) is 229 Å². The first-order valence-corrected chi connectivity index (χ1v) is 18.2. The van der Waals surface area contributed by atoms with E-state index in [4.69, 9.17) is 0 Å². The summed E-state index contributed by atoms with van der Waals surface area (Å²) in [7, 11) is 0. The molecule has 0 amide bonds. The third kappa shape index (κ3) is 6.53. The van der Waals surface area contributed by atoms with Crippen LogP contribution in [0.3, 0.4) is 0 Å². The Morgan fingerprint density at radius 2 is 0.717 bits per heavy atom. The second-order valence-corrected chi connectivity index (χ2v) is 13.4. The number of hydrogen-bond donors (Lipinski definition) is 0. The zero-order valence-corrected chi connectivity index (χ0v) is 29.3. The lowest BCUT2D eigenvalue weighted by atomic mass is 9.94. The summed E-state index contributed by atoms with van der Waals surface area (Å²) >= 11 is 0. The monoisotopic (exact) mass is 675 g/mol. The van der Waals surface area contributed by atoms with Gasteiger partial charge in [-0.2, -0.15) is 0 Å². The molecule has 0 aliphatic rings. The molecule has 1 nitrogen and oxygen atoms in total. The average Bonchev–Trinajstić information content (AvgIpc) is 3.25. The molecule has 0 saturated heterocycles. The van der Waals surface area contributed by atoms with Gasteiger partial charge in [-0.3, -0.25) is 0 Å². The summed E-state index contributed by atoms with van der Waals surface area (Å²) in [5.74, 6) is 0. The van der Waals surface area contributed by atoms with E-state index in [0.29, 0.717) is 0 Å². The summed E-state index contributed by atoms with van der Waals surface area (Å²) in [6.07, 6.45) is 0. The molecule has 9 rings (SSSR count). The topological polar surface area (TPSA) is 3.24 Å². The van der Waals surface area contributed by atoms with Crippen molar-refractivity contribution in [3.63, 3.8) is 0 Å². The third-order valence-electron chi connectivity index (χ3n) is 10.1. The van der Waals surface area contributed by atoms with Crippen LogP contribution in [0.4, 0.5) is 17.1 Å². The highest BCUT2D eigenvalue weighted by molar-refractivity contribution is 5.99. The molecule has 0 saturated carbocycles. The number of fused-ring (bicyclic) bond motifs is 1. The summed E-state index contributed by atoms with van der Waals surface area (Å²) in [5.41, 5.74) is 15.2. The second kappa shape index (κ2) is 14.3. The second-order valence-electron chi connectivity index (χ2n) is 13.4. The molecule has 250 valence electrons. The molecule has 0 aliphatic heterocycles. The molecule has 0 unspecified atom stereocenters. The summed E-state index contributed by atoms with van der Waals surface area (Å²) in [4.78, 5) is 2.42. The highest BCUT2D eigenvalue weighted by atomic mass is 15.1. The van der Waals surface area contributed by atoms with Gasteiger partial charge in [-0.25, -0.2) is 0 Å². The van der Waals surface area contributed by atoms with Gasteiger partial charge < -0.3 is 4.90 Å². The highest BCUT2D eigenvalue weighted by Gasteiger charge is 2.20. The van der Waals surface area contributed by atoms with Crippen LogP contribution >= 0.6 is 0 Å². The van der Waals surface area contributed by atoms with Gasteiger partial charge >= 0.3 is 0 Å². The summed E-state index contributed by atoms with van der Waals surface area (Å²) in [5, 5.41) is 2.48. The third-order valence-corrected chi connectivity index (χ3v) is 10.1. The number of anilines is 3. The van der Waals surface area contributed by atoms with E-state index < -0.39 is 0 Å². The number of hydrogen-bond acceptors (Lipinski definition) is 1. The van der Waals surface area contributed by atoms with E-state index in [1.807, 2.05) is 0 Å². The molecular weight excluding hydrogens is 639 g/mol. The predicted octanol–water partition coefficient (Wildman–Crippen LogP) is 14.6. The van der Waals surface area contributed by atoms with Crippen molar-refractivity contribution < 1.29 is 0 Å². The van der Waals surface area contributed by atoms with Crippen molar-refractivity contribution in [2.24, 2.45) is 0 Å². The quantitative estimate of drug-likeness (QED) is 0.155. The largest absolute Gasteiger partial charge is 0.310 e. The fourth-order valence-corrected chi connectivity index (χ4v) is 7.39. The molecule has 53 heavy (non-hydrogen) atoms. The lowest BCUT2D eigenvalue weighted by Crippen LogP contribution is -2.11. The standard InChI is InChI=1S/C52H37N/c1-4-14-38(15-5-1)40-26-28-41(29-27-40)42-30-33-47(34-31-42)53(48-23-12-22-45(36-48)39-16-6-2-7-17-39)52-37-46(32-35-51(52)44-18-8-3-9-19-44)50-25-13-21-43-20-10-11-24-49(43)50/h1-37H. The lowest BCUT2D eigenvalue weighted by molar-refractivity contribution is 1.28. The molecule has 0 heterocycles. The first-order valence-electron chi connectivity index (χ1n) is 18.2. The van der Waals surface area contributed by atoms with E-state index in [1.165, 1.54) is 66.4 Å². The molecule has 0 atom stereocenters. The Morgan fingerprint density at radius 1 is 0.245 bits per heavy atom. The zero-order valence-electron chi connectivity index (χ0n) is 29.3. The maximum absolute atomic E-state index is 2.42. The van der Waals surface area contributed by atoms with E-state index in [1.54, 1.807) is 0 Å². The number of benzene rings is 9. The summed E-state index contributed by atoms with van der Waals surface area (Å²) < 4.78 is 0. The van der Waals surface area contributed by atoms with Crippen molar-refractivity contribution in [1.29, 1.82) is 0 Å². The van der Waals surface area contributed by atoms with E-state index in [9.17, 15) is 0 Å². The predicted molar refractivity (Wildman–Crippen MR) is 226 cm³/mol. The van der Waals surface area contributed by atoms with Crippen LogP contribution in [-0.2, 0) is 0 Å². The van der Waals surface area contributed by atoms with Gasteiger partial charge in [0.1, 0.15) is 0 Å². The van der Waals surface area contributed by atoms with E-state index in [0.717, 1.165) is 17.1 Å². The normalized spacial score (nSPS) is 11.0. The summed E-state index contributed by atoms with van der Waals surface area (Å²) in [6, 6.07) is 80.9. The molecule has 9 aromatic rings. The van der Waals surface area contributed by atoms with E-state index >= 15 is 0 Å². The van der Waals surface area contributed by atoms with Crippen LogP contribution < -0.4 is 4.90 Å².